The van der Waals surface area contributed by atoms with Crippen molar-refractivity contribution < 1.29 is 4.79 Å². The smallest absolute Gasteiger partial charge is 0.253 e. The summed E-state index contributed by atoms with van der Waals surface area (Å²) in [6, 6.07) is 5.75. The predicted octanol–water partition coefficient (Wildman–Crippen LogP) is 2.44. The van der Waals surface area contributed by atoms with E-state index in [1.165, 1.54) is 5.56 Å². The van der Waals surface area contributed by atoms with E-state index in [2.05, 4.69) is 0 Å². The Kier molecular flexibility index (Phi) is 4.84. The number of nitrogens with two attached hydrogens (primary N) is 1. The van der Waals surface area contributed by atoms with Gasteiger partial charge in [0.2, 0.25) is 0 Å². The van der Waals surface area contributed by atoms with Gasteiger partial charge in [-0.25, -0.2) is 0 Å². The molecule has 0 aromatic heterocycles. The van der Waals surface area contributed by atoms with Crippen LogP contribution >= 0.6 is 12.2 Å². The molecule has 0 spiro atoms. The summed E-state index contributed by atoms with van der Waals surface area (Å²) in [7, 11) is 1.78. The van der Waals surface area contributed by atoms with Gasteiger partial charge in [0.05, 0.1) is 4.99 Å². The zero-order valence-electron chi connectivity index (χ0n) is 11.4. The molecule has 1 aromatic carbocycles. The van der Waals surface area contributed by atoms with E-state index in [0.29, 0.717) is 17.0 Å². The summed E-state index contributed by atoms with van der Waals surface area (Å²) < 4.78 is 0. The average Bonchev–Trinajstić information content (AvgIpc) is 2.30. The molecule has 18 heavy (non-hydrogen) atoms. The van der Waals surface area contributed by atoms with Crippen LogP contribution in [-0.4, -0.2) is 28.9 Å². The molecule has 1 unspecified atom stereocenters. The molecule has 3 nitrogen and oxygen atoms in total. The largest absolute Gasteiger partial charge is 0.393 e. The Balaban J connectivity index is 2.86. The van der Waals surface area contributed by atoms with Gasteiger partial charge < -0.3 is 10.6 Å². The third-order valence-corrected chi connectivity index (χ3v) is 3.40. The van der Waals surface area contributed by atoms with E-state index in [1.807, 2.05) is 39.0 Å². The number of rotatable bonds is 4. The molecule has 0 aliphatic rings. The lowest BCUT2D eigenvalue weighted by Crippen LogP contribution is -2.37. The SMILES string of the molecule is Cc1ccc(C(=O)N(C)C(C)CC(N)=S)cc1C. The molecule has 0 aliphatic heterocycles. The lowest BCUT2D eigenvalue weighted by molar-refractivity contribution is 0.0748. The minimum atomic E-state index is 0.00171. The Hall–Kier alpha value is -1.42. The Labute approximate surface area is 114 Å². The number of amides is 1. The van der Waals surface area contributed by atoms with Crippen molar-refractivity contribution >= 4 is 23.1 Å². The molecule has 0 aliphatic carbocycles. The van der Waals surface area contributed by atoms with Gasteiger partial charge in [-0.05, 0) is 44.0 Å². The van der Waals surface area contributed by atoms with E-state index in [9.17, 15) is 4.79 Å². The molecule has 0 radical (unpaired) electrons. The van der Waals surface area contributed by atoms with Crippen LogP contribution < -0.4 is 5.73 Å². The minimum absolute atomic E-state index is 0.00171. The van der Waals surface area contributed by atoms with Crippen LogP contribution in [0.2, 0.25) is 0 Å². The molecule has 1 rings (SSSR count). The van der Waals surface area contributed by atoms with E-state index >= 15 is 0 Å². The number of hydrogen-bond acceptors (Lipinski definition) is 2. The lowest BCUT2D eigenvalue weighted by Gasteiger charge is -2.25. The molecule has 98 valence electrons. The molecule has 2 N–H and O–H groups in total. The number of benzene rings is 1. The van der Waals surface area contributed by atoms with Crippen LogP contribution in [0.1, 0.15) is 34.8 Å². The third kappa shape index (κ3) is 3.53. The summed E-state index contributed by atoms with van der Waals surface area (Å²) in [5.74, 6) is 0.00171. The van der Waals surface area contributed by atoms with Gasteiger partial charge in [-0.15, -0.1) is 0 Å². The molecule has 1 atom stereocenters. The van der Waals surface area contributed by atoms with Gasteiger partial charge >= 0.3 is 0 Å². The number of hydrogen-bond donors (Lipinski definition) is 1. The Bertz CT molecular complexity index is 471. The molecule has 1 amide bonds. The molecule has 0 bridgehead atoms. The highest BCUT2D eigenvalue weighted by Gasteiger charge is 2.18. The average molecular weight is 264 g/mol. The van der Waals surface area contributed by atoms with Crippen LogP contribution in [0.15, 0.2) is 18.2 Å². The molecule has 0 saturated carbocycles. The van der Waals surface area contributed by atoms with Crippen LogP contribution in [0.5, 0.6) is 0 Å². The molecule has 1 aromatic rings. The summed E-state index contributed by atoms with van der Waals surface area (Å²) >= 11 is 4.87. The van der Waals surface area contributed by atoms with Crippen LogP contribution in [0.4, 0.5) is 0 Å². The number of carbonyl (C=O) groups excluding carboxylic acids is 1. The maximum Gasteiger partial charge on any atom is 0.253 e. The first kappa shape index (κ1) is 14.6. The molecular weight excluding hydrogens is 244 g/mol. The quantitative estimate of drug-likeness (QED) is 0.850. The second-order valence-corrected chi connectivity index (χ2v) is 5.26. The van der Waals surface area contributed by atoms with Crippen LogP contribution in [0.3, 0.4) is 0 Å². The molecule has 0 fully saturated rings. The van der Waals surface area contributed by atoms with Gasteiger partial charge in [-0.3, -0.25) is 4.79 Å². The second-order valence-electron chi connectivity index (χ2n) is 4.73. The fourth-order valence-electron chi connectivity index (χ4n) is 1.71. The highest BCUT2D eigenvalue weighted by Crippen LogP contribution is 2.13. The molecule has 0 saturated heterocycles. The Morgan fingerprint density at radius 2 is 2.00 bits per heavy atom. The van der Waals surface area contributed by atoms with Gasteiger partial charge in [0.15, 0.2) is 0 Å². The van der Waals surface area contributed by atoms with Gasteiger partial charge in [-0.1, -0.05) is 18.3 Å². The number of aryl methyl sites for hydroxylation is 2. The Morgan fingerprint density at radius 1 is 1.39 bits per heavy atom. The summed E-state index contributed by atoms with van der Waals surface area (Å²) in [5.41, 5.74) is 8.52. The zero-order chi connectivity index (χ0) is 13.9. The van der Waals surface area contributed by atoms with Crippen molar-refractivity contribution in [1.82, 2.24) is 4.90 Å². The number of thiocarbonyl (C=S) groups is 1. The highest BCUT2D eigenvalue weighted by molar-refractivity contribution is 7.80. The van der Waals surface area contributed by atoms with Gasteiger partial charge in [-0.2, -0.15) is 0 Å². The van der Waals surface area contributed by atoms with E-state index in [0.717, 1.165) is 5.56 Å². The van der Waals surface area contributed by atoms with Crippen LogP contribution in [-0.2, 0) is 0 Å². The fraction of sp³-hybridized carbons (Fsp3) is 0.429. The second kappa shape index (κ2) is 5.96. The van der Waals surface area contributed by atoms with Gasteiger partial charge in [0.25, 0.3) is 5.91 Å². The van der Waals surface area contributed by atoms with Gasteiger partial charge in [0, 0.05) is 25.1 Å². The highest BCUT2D eigenvalue weighted by atomic mass is 32.1. The topological polar surface area (TPSA) is 46.3 Å². The van der Waals surface area contributed by atoms with Crippen molar-refractivity contribution in [2.75, 3.05) is 7.05 Å². The molecule has 0 heterocycles. The molecular formula is C14H20N2OS. The van der Waals surface area contributed by atoms with Crippen molar-refractivity contribution in [3.8, 4) is 0 Å². The fourth-order valence-corrected chi connectivity index (χ4v) is 1.95. The summed E-state index contributed by atoms with van der Waals surface area (Å²) in [6.45, 7) is 5.98. The van der Waals surface area contributed by atoms with Crippen LogP contribution in [0.25, 0.3) is 0 Å². The Morgan fingerprint density at radius 3 is 2.50 bits per heavy atom. The maximum atomic E-state index is 12.3. The van der Waals surface area contributed by atoms with E-state index in [-0.39, 0.29) is 11.9 Å². The summed E-state index contributed by atoms with van der Waals surface area (Å²) in [5, 5.41) is 0. The first-order chi connectivity index (χ1) is 8.32. The van der Waals surface area contributed by atoms with Crippen molar-refractivity contribution in [3.05, 3.63) is 34.9 Å². The monoisotopic (exact) mass is 264 g/mol. The number of nitrogens with zero attached hydrogens (tertiary/aromatic N) is 1. The van der Waals surface area contributed by atoms with E-state index in [4.69, 9.17) is 18.0 Å². The van der Waals surface area contributed by atoms with Crippen molar-refractivity contribution in [3.63, 3.8) is 0 Å². The maximum absolute atomic E-state index is 12.3. The predicted molar refractivity (Wildman–Crippen MR) is 78.9 cm³/mol. The van der Waals surface area contributed by atoms with Gasteiger partial charge in [0.1, 0.15) is 0 Å². The zero-order valence-corrected chi connectivity index (χ0v) is 12.2. The summed E-state index contributed by atoms with van der Waals surface area (Å²) in [4.78, 5) is 14.4. The third-order valence-electron chi connectivity index (χ3n) is 3.23. The lowest BCUT2D eigenvalue weighted by atomic mass is 10.0. The van der Waals surface area contributed by atoms with Crippen molar-refractivity contribution in [1.29, 1.82) is 0 Å². The first-order valence-corrected chi connectivity index (χ1v) is 6.36. The van der Waals surface area contributed by atoms with E-state index in [1.54, 1.807) is 11.9 Å². The minimum Gasteiger partial charge on any atom is -0.393 e. The van der Waals surface area contributed by atoms with Crippen LogP contribution in [0, 0.1) is 13.8 Å². The number of carbonyl (C=O) groups is 1. The standard InChI is InChI=1S/C14H20N2OS/c1-9-5-6-12(7-10(9)2)14(17)16(4)11(3)8-13(15)18/h5-7,11H,8H2,1-4H3,(H2,15,18). The van der Waals surface area contributed by atoms with Crippen molar-refractivity contribution in [2.24, 2.45) is 5.73 Å². The first-order valence-electron chi connectivity index (χ1n) is 5.95. The van der Waals surface area contributed by atoms with Crippen molar-refractivity contribution in [2.45, 2.75) is 33.2 Å². The molecule has 4 heteroatoms. The van der Waals surface area contributed by atoms with E-state index < -0.39 is 0 Å². The normalized spacial score (nSPS) is 12.0. The summed E-state index contributed by atoms with van der Waals surface area (Å²) in [6.07, 6.45) is 0.544.